The van der Waals surface area contributed by atoms with Crippen LogP contribution in [0.25, 0.3) is 118 Å². The maximum absolute atomic E-state index is 12.8. The molecule has 12 aromatic heterocycles. The van der Waals surface area contributed by atoms with Gasteiger partial charge >= 0.3 is 6.03 Å². The molecule has 0 spiro atoms. The SMILES string of the molecule is CC(CO)(CO)C(=O)N1CCC(c2nc3c(-c4ccc(-c5ccccc5)nc4)cnn3c(N)c2Br)CC1.CNC(=O)N1CC=C(c2nc3c(-c4ccc(-c5ccccc5)nc4)cnn3c(N)c2Br)CC1.Nc1c(Br)c(C2CCN(C(=O)[C@H](O)CO)CC2)nc2c(-c3ccc(-c4ccccc4)nc3)cnn12.Nc1c(Br)c(C2CCN(C(=O)[C@H](O)CO)CC2)nc2c(-c3cnc(-c4ccccc4)nc3)cnn12. The Balaban J connectivity index is 0.000000129. The highest BCUT2D eigenvalue weighted by molar-refractivity contribution is 9.11. The van der Waals surface area contributed by atoms with Crippen molar-refractivity contribution in [3.63, 3.8) is 0 Å². The highest BCUT2D eigenvalue weighted by Crippen LogP contribution is 2.44. The lowest BCUT2D eigenvalue weighted by atomic mass is 9.88. The van der Waals surface area contributed by atoms with Crippen molar-refractivity contribution in [2.24, 2.45) is 5.41 Å². The third kappa shape index (κ3) is 20.4. The number of rotatable bonds is 19. The van der Waals surface area contributed by atoms with E-state index in [0.717, 1.165) is 112 Å². The normalized spacial score (nSPS) is 14.9. The standard InChI is InChI=1S/C27H29BrN6O3.C25H25BrN6O3.C24H24BrN7O3.C24H22BrN7O/c1-27(15-35,16-36)26(37)33-11-9-18(10-12-33)23-22(28)24(29)34-25(32-23)20(14-31-34)19-7-8-21(30-13-19)17-5-3-2-4-6-17;26-21-22(16-8-10-31(11-9-16)25(35)20(34)14-33)30-24-18(13-29-32(24)23(21)27)17-6-7-19(28-12-17)15-4-2-1-3-5-15;25-19-20(14-6-8-31(9-7-14)24(35)18(34)13-33)30-23-17(12-29-32(23)21(19)26)16-10-27-22(28-11-16)15-4-2-1-3-5-15;1-27-24(33)31-11-9-16(10-12-31)21-20(25)22(26)32-23(30-21)18(14-29-32)17-7-8-19(28-13-17)15-5-3-2-4-6-15/h2-8,13-14,18,35-36H,9-12,15-16,29H2,1H3;1-7,12-13,16,20,33-34H,8-11,14,27H2;1-5,10-12,14,18,33-34H,6-9,13,26H2;2-9,13-14H,10-12,26H2,1H3,(H,27,33)/t;20-;18-;/m.11./s1. The molecule has 3 saturated heterocycles. The molecule has 5 amide bonds. The van der Waals surface area contributed by atoms with Gasteiger partial charge in [0, 0.05) is 175 Å². The number of hydrogen-bond donors (Lipinski definition) is 11. The van der Waals surface area contributed by atoms with E-state index in [4.69, 9.17) is 53.1 Å². The van der Waals surface area contributed by atoms with Crippen LogP contribution in [0.15, 0.2) is 237 Å². The third-order valence-electron chi connectivity index (χ3n) is 25.7. The van der Waals surface area contributed by atoms with Crippen molar-refractivity contribution < 1.29 is 49.8 Å². The number of nitrogens with two attached hydrogens (primary N) is 4. The number of aliphatic hydroxyl groups excluding tert-OH is 6. The van der Waals surface area contributed by atoms with Gasteiger partial charge in [0.1, 0.15) is 23.3 Å². The zero-order valence-electron chi connectivity index (χ0n) is 76.1. The summed E-state index contributed by atoms with van der Waals surface area (Å²) in [5.41, 5.74) is 44.9. The number of nitrogens with zero attached hydrogens (tertiary/aromatic N) is 21. The minimum Gasteiger partial charge on any atom is -0.395 e. The first-order valence-corrected chi connectivity index (χ1v) is 48.6. The molecule has 15 N–H and O–H groups in total. The molecule has 0 bridgehead atoms. The van der Waals surface area contributed by atoms with E-state index in [1.165, 1.54) is 0 Å². The van der Waals surface area contributed by atoms with Crippen molar-refractivity contribution in [3.8, 4) is 89.7 Å². The van der Waals surface area contributed by atoms with Gasteiger partial charge < -0.3 is 78.5 Å². The molecule has 20 rings (SSSR count). The van der Waals surface area contributed by atoms with Crippen LogP contribution in [0.5, 0.6) is 0 Å². The number of pyridine rings is 3. The Morgan fingerprint density at radius 1 is 0.393 bits per heavy atom. The molecular formula is C100H100Br4N26O10. The van der Waals surface area contributed by atoms with Crippen LogP contribution >= 0.6 is 63.7 Å². The molecule has 0 radical (unpaired) electrons. The summed E-state index contributed by atoms with van der Waals surface area (Å²) in [5.74, 6) is 1.56. The summed E-state index contributed by atoms with van der Waals surface area (Å²) in [6.07, 6.45) is 19.9. The first kappa shape index (κ1) is 97.8. The second-order valence-electron chi connectivity index (χ2n) is 34.5. The molecule has 3 fully saturated rings. The number of benzene rings is 4. The number of hydrogen-bond acceptors (Lipinski definition) is 27. The Labute approximate surface area is 836 Å². The number of carbonyl (C=O) groups is 4. The predicted octanol–water partition coefficient (Wildman–Crippen LogP) is 12.9. The average Bonchev–Trinajstić information content (AvgIpc) is 1.61. The summed E-state index contributed by atoms with van der Waals surface area (Å²) in [4.78, 5) is 98.5. The molecule has 16 heterocycles. The van der Waals surface area contributed by atoms with Gasteiger partial charge in [-0.2, -0.15) is 38.5 Å². The molecule has 0 saturated carbocycles. The van der Waals surface area contributed by atoms with Crippen LogP contribution in [0, 0.1) is 5.41 Å². The Hall–Kier alpha value is -13.8. The summed E-state index contributed by atoms with van der Waals surface area (Å²) in [6, 6.07) is 51.7. The van der Waals surface area contributed by atoms with E-state index in [9.17, 15) is 39.6 Å². The quantitative estimate of drug-likeness (QED) is 0.0358. The Morgan fingerprint density at radius 3 is 1.03 bits per heavy atom. The van der Waals surface area contributed by atoms with Gasteiger partial charge in [0.25, 0.3) is 11.8 Å². The zero-order valence-corrected chi connectivity index (χ0v) is 82.5. The van der Waals surface area contributed by atoms with Crippen molar-refractivity contribution in [1.82, 2.24) is 108 Å². The lowest BCUT2D eigenvalue weighted by molar-refractivity contribution is -0.147. The topological polar surface area (TPSA) is 504 Å². The van der Waals surface area contributed by atoms with Gasteiger partial charge in [-0.3, -0.25) is 29.3 Å². The fraction of sp³-hybridized carbons (Fsp3) is 0.270. The van der Waals surface area contributed by atoms with E-state index in [1.54, 1.807) is 88.8 Å². The lowest BCUT2D eigenvalue weighted by Gasteiger charge is -2.37. The third-order valence-corrected chi connectivity index (χ3v) is 28.9. The van der Waals surface area contributed by atoms with E-state index in [-0.39, 0.29) is 29.7 Å². The van der Waals surface area contributed by atoms with Crippen LogP contribution in [-0.2, 0) is 14.4 Å². The number of nitrogen functional groups attached to an aromatic ring is 4. The van der Waals surface area contributed by atoms with E-state index in [1.807, 2.05) is 182 Å². The van der Waals surface area contributed by atoms with Crippen LogP contribution < -0.4 is 28.3 Å². The number of urea groups is 1. The minimum atomic E-state index is -1.38. The number of likely N-dealkylation sites (tertiary alicyclic amines) is 3. The van der Waals surface area contributed by atoms with Gasteiger partial charge in [-0.05, 0) is 139 Å². The molecule has 0 unspecified atom stereocenters. The van der Waals surface area contributed by atoms with Gasteiger partial charge in [-0.15, -0.1) is 0 Å². The summed E-state index contributed by atoms with van der Waals surface area (Å²) in [7, 11) is 1.64. The Morgan fingerprint density at radius 2 is 0.714 bits per heavy atom. The first-order chi connectivity index (χ1) is 67.9. The van der Waals surface area contributed by atoms with Crippen molar-refractivity contribution in [2.75, 3.05) is 109 Å². The number of anilines is 4. The molecule has 2 atom stereocenters. The minimum absolute atomic E-state index is 0.0615. The van der Waals surface area contributed by atoms with Crippen molar-refractivity contribution in [1.29, 1.82) is 0 Å². The van der Waals surface area contributed by atoms with E-state index >= 15 is 0 Å². The summed E-state index contributed by atoms with van der Waals surface area (Å²) in [6.45, 7) is 3.63. The molecule has 718 valence electrons. The number of aliphatic hydroxyl groups is 6. The number of carbonyl (C=O) groups excluding carboxylic acids is 4. The fourth-order valence-electron chi connectivity index (χ4n) is 17.5. The van der Waals surface area contributed by atoms with Crippen LogP contribution in [0.3, 0.4) is 0 Å². The van der Waals surface area contributed by atoms with Gasteiger partial charge in [-0.1, -0.05) is 146 Å². The predicted molar refractivity (Wildman–Crippen MR) is 546 cm³/mol. The average molecular weight is 2150 g/mol. The molecule has 0 aliphatic carbocycles. The van der Waals surface area contributed by atoms with Crippen LogP contribution in [-0.4, -0.2) is 255 Å². The highest BCUT2D eigenvalue weighted by Gasteiger charge is 2.40. The van der Waals surface area contributed by atoms with E-state index < -0.39 is 55.9 Å². The number of amides is 5. The van der Waals surface area contributed by atoms with Crippen LogP contribution in [0.2, 0.25) is 0 Å². The largest absolute Gasteiger partial charge is 0.395 e. The van der Waals surface area contributed by atoms with Crippen LogP contribution in [0.1, 0.15) is 92.4 Å². The second kappa shape index (κ2) is 43.3. The zero-order chi connectivity index (χ0) is 98.2. The maximum Gasteiger partial charge on any atom is 0.317 e. The van der Waals surface area contributed by atoms with E-state index in [2.05, 4.69) is 114 Å². The van der Waals surface area contributed by atoms with Gasteiger partial charge in [0.05, 0.1) is 114 Å². The second-order valence-corrected chi connectivity index (χ2v) is 37.7. The molecule has 40 heteroatoms. The monoisotopic (exact) mass is 2140 g/mol. The highest BCUT2D eigenvalue weighted by atomic mass is 79.9. The molecule has 4 aliphatic rings. The molecule has 140 heavy (non-hydrogen) atoms. The lowest BCUT2D eigenvalue weighted by Crippen LogP contribution is -2.49. The fourth-order valence-corrected chi connectivity index (χ4v) is 19.8. The Kier molecular flexibility index (Phi) is 30.2. The number of piperidine rings is 3. The number of nitrogens with one attached hydrogen (secondary N) is 1. The van der Waals surface area contributed by atoms with Crippen LogP contribution in [0.4, 0.5) is 28.1 Å². The molecule has 36 nitrogen and oxygen atoms in total. The molecule has 4 aromatic carbocycles. The van der Waals surface area contributed by atoms with Crippen molar-refractivity contribution in [3.05, 3.63) is 260 Å². The first-order valence-electron chi connectivity index (χ1n) is 45.4. The van der Waals surface area contributed by atoms with Crippen molar-refractivity contribution >= 4 is 139 Å². The summed E-state index contributed by atoms with van der Waals surface area (Å²) >= 11 is 14.4. The Bertz CT molecular complexity index is 6980. The van der Waals surface area contributed by atoms with Crippen molar-refractivity contribution in [2.45, 2.75) is 81.8 Å². The molecule has 4 aliphatic heterocycles. The number of fused-ring (bicyclic) bond motifs is 4. The van der Waals surface area contributed by atoms with Gasteiger partial charge in [0.15, 0.2) is 40.6 Å². The van der Waals surface area contributed by atoms with E-state index in [0.29, 0.717) is 167 Å². The summed E-state index contributed by atoms with van der Waals surface area (Å²) in [5, 5.41) is 77.1. The summed E-state index contributed by atoms with van der Waals surface area (Å²) < 4.78 is 9.23. The molecule has 16 aromatic rings. The smallest absolute Gasteiger partial charge is 0.317 e. The number of halogens is 4. The number of aromatic nitrogens is 17. The molecular weight excluding hydrogens is 2040 g/mol. The maximum atomic E-state index is 12.8. The van der Waals surface area contributed by atoms with Gasteiger partial charge in [0.2, 0.25) is 5.91 Å². The van der Waals surface area contributed by atoms with Gasteiger partial charge in [-0.25, -0.2) is 34.7 Å².